The highest BCUT2D eigenvalue weighted by Crippen LogP contribution is 2.46. The second kappa shape index (κ2) is 6.88. The third kappa shape index (κ3) is 3.45. The van der Waals surface area contributed by atoms with Crippen LogP contribution in [0.5, 0.6) is 11.8 Å². The van der Waals surface area contributed by atoms with Crippen LogP contribution >= 0.6 is 0 Å². The summed E-state index contributed by atoms with van der Waals surface area (Å²) in [6, 6.07) is 8.72. The number of aliphatic carboxylic acids is 1. The molecule has 1 fully saturated rings. The number of rotatable bonds is 5. The lowest BCUT2D eigenvalue weighted by molar-refractivity contribution is -0.162. The molecule has 4 atom stereocenters. The van der Waals surface area contributed by atoms with Crippen LogP contribution in [0.4, 0.5) is 5.69 Å². The molecule has 1 aliphatic carbocycles. The second-order valence-corrected chi connectivity index (χ2v) is 6.26. The SMILES string of the molecule is CC1C(C)[C@H](C(=O)Nc2cccc(Oc3ncccn3)c2)[C@@H]1C(=O)O. The third-order valence-electron chi connectivity index (χ3n) is 4.79. The van der Waals surface area contributed by atoms with Gasteiger partial charge in [0.25, 0.3) is 0 Å². The van der Waals surface area contributed by atoms with Crippen molar-refractivity contribution in [2.75, 3.05) is 5.32 Å². The summed E-state index contributed by atoms with van der Waals surface area (Å²) in [5.74, 6) is -1.90. The molecule has 0 aliphatic heterocycles. The van der Waals surface area contributed by atoms with E-state index in [1.54, 1.807) is 42.7 Å². The number of amides is 1. The summed E-state index contributed by atoms with van der Waals surface area (Å²) < 4.78 is 5.53. The summed E-state index contributed by atoms with van der Waals surface area (Å²) in [6.45, 7) is 3.77. The first-order chi connectivity index (χ1) is 12.0. The number of carboxylic acid groups (broad SMARTS) is 1. The van der Waals surface area contributed by atoms with Crippen molar-refractivity contribution in [1.29, 1.82) is 0 Å². The average Bonchev–Trinajstić information content (AvgIpc) is 2.59. The van der Waals surface area contributed by atoms with Crippen LogP contribution in [-0.2, 0) is 9.59 Å². The molecule has 1 aliphatic rings. The Morgan fingerprint density at radius 3 is 2.44 bits per heavy atom. The highest BCUT2D eigenvalue weighted by molar-refractivity contribution is 5.96. The van der Waals surface area contributed by atoms with Gasteiger partial charge >= 0.3 is 12.0 Å². The van der Waals surface area contributed by atoms with Gasteiger partial charge in [-0.3, -0.25) is 9.59 Å². The molecule has 130 valence electrons. The molecule has 1 saturated carbocycles. The molecular formula is C18H19N3O4. The summed E-state index contributed by atoms with van der Waals surface area (Å²) in [5, 5.41) is 12.1. The summed E-state index contributed by atoms with van der Waals surface area (Å²) in [5.41, 5.74) is 0.536. The topological polar surface area (TPSA) is 101 Å². The zero-order valence-corrected chi connectivity index (χ0v) is 13.9. The number of anilines is 1. The van der Waals surface area contributed by atoms with Crippen LogP contribution < -0.4 is 10.1 Å². The molecule has 7 nitrogen and oxygen atoms in total. The van der Waals surface area contributed by atoms with Crippen LogP contribution in [0.2, 0.25) is 0 Å². The van der Waals surface area contributed by atoms with Gasteiger partial charge in [-0.25, -0.2) is 9.97 Å². The fourth-order valence-corrected chi connectivity index (χ4v) is 3.25. The third-order valence-corrected chi connectivity index (χ3v) is 4.79. The van der Waals surface area contributed by atoms with E-state index in [9.17, 15) is 14.7 Å². The number of aromatic nitrogens is 2. The van der Waals surface area contributed by atoms with E-state index < -0.39 is 17.8 Å². The van der Waals surface area contributed by atoms with Gasteiger partial charge in [0.1, 0.15) is 5.75 Å². The molecule has 2 unspecified atom stereocenters. The maximum absolute atomic E-state index is 12.5. The number of hydrogen-bond donors (Lipinski definition) is 2. The molecule has 3 rings (SSSR count). The van der Waals surface area contributed by atoms with Crippen molar-refractivity contribution < 1.29 is 19.4 Å². The van der Waals surface area contributed by atoms with Gasteiger partial charge in [-0.2, -0.15) is 0 Å². The highest BCUT2D eigenvalue weighted by Gasteiger charge is 2.53. The summed E-state index contributed by atoms with van der Waals surface area (Å²) in [6.07, 6.45) is 3.14. The molecule has 25 heavy (non-hydrogen) atoms. The Bertz CT molecular complexity index is 781. The van der Waals surface area contributed by atoms with E-state index in [2.05, 4.69) is 15.3 Å². The molecule has 0 bridgehead atoms. The fraction of sp³-hybridized carbons (Fsp3) is 0.333. The van der Waals surface area contributed by atoms with Gasteiger partial charge in [-0.15, -0.1) is 0 Å². The first-order valence-electron chi connectivity index (χ1n) is 8.06. The van der Waals surface area contributed by atoms with Crippen LogP contribution in [0.3, 0.4) is 0 Å². The smallest absolute Gasteiger partial charge is 0.321 e. The van der Waals surface area contributed by atoms with E-state index in [-0.39, 0.29) is 23.8 Å². The van der Waals surface area contributed by atoms with Gasteiger partial charge in [0, 0.05) is 24.1 Å². The maximum Gasteiger partial charge on any atom is 0.321 e. The van der Waals surface area contributed by atoms with E-state index in [0.29, 0.717) is 11.4 Å². The Hall–Kier alpha value is -2.96. The molecule has 1 aromatic heterocycles. The van der Waals surface area contributed by atoms with Crippen molar-refractivity contribution in [2.24, 2.45) is 23.7 Å². The van der Waals surface area contributed by atoms with E-state index in [1.165, 1.54) is 0 Å². The number of carbonyl (C=O) groups excluding carboxylic acids is 1. The monoisotopic (exact) mass is 341 g/mol. The Labute approximate surface area is 145 Å². The standard InChI is InChI=1S/C18H19N3O4/c1-10-11(2)15(17(23)24)14(10)16(22)21-12-5-3-6-13(9-12)25-18-19-7-4-8-20-18/h3-11,14-15H,1-2H3,(H,21,22)(H,23,24)/t10?,11?,14-,15+/m0/s1. The lowest BCUT2D eigenvalue weighted by Gasteiger charge is -2.45. The molecule has 1 aromatic carbocycles. The number of benzene rings is 1. The number of ether oxygens (including phenoxy) is 1. The van der Waals surface area contributed by atoms with Crippen LogP contribution in [0.25, 0.3) is 0 Å². The van der Waals surface area contributed by atoms with Crippen molar-refractivity contribution in [3.63, 3.8) is 0 Å². The Morgan fingerprint density at radius 2 is 1.76 bits per heavy atom. The van der Waals surface area contributed by atoms with E-state index in [4.69, 9.17) is 4.74 Å². The molecule has 7 heteroatoms. The van der Waals surface area contributed by atoms with Gasteiger partial charge in [-0.05, 0) is 30.0 Å². The Balaban J connectivity index is 1.70. The van der Waals surface area contributed by atoms with E-state index in [0.717, 1.165) is 0 Å². The van der Waals surface area contributed by atoms with Crippen molar-refractivity contribution in [3.05, 3.63) is 42.7 Å². The average molecular weight is 341 g/mol. The van der Waals surface area contributed by atoms with Crippen molar-refractivity contribution in [3.8, 4) is 11.8 Å². The van der Waals surface area contributed by atoms with Gasteiger partial charge < -0.3 is 15.2 Å². The molecular weight excluding hydrogens is 322 g/mol. The predicted molar refractivity (Wildman–Crippen MR) is 90.1 cm³/mol. The Kier molecular flexibility index (Phi) is 4.65. The van der Waals surface area contributed by atoms with Crippen LogP contribution in [-0.4, -0.2) is 27.0 Å². The van der Waals surface area contributed by atoms with Crippen LogP contribution in [0, 0.1) is 23.7 Å². The van der Waals surface area contributed by atoms with Crippen LogP contribution in [0.1, 0.15) is 13.8 Å². The lowest BCUT2D eigenvalue weighted by atomic mass is 9.57. The van der Waals surface area contributed by atoms with Crippen molar-refractivity contribution >= 4 is 17.6 Å². The van der Waals surface area contributed by atoms with Gasteiger partial charge in [0.2, 0.25) is 5.91 Å². The first-order valence-corrected chi connectivity index (χ1v) is 8.06. The molecule has 1 amide bonds. The van der Waals surface area contributed by atoms with Gasteiger partial charge in [-0.1, -0.05) is 19.9 Å². The van der Waals surface area contributed by atoms with Gasteiger partial charge in [0.15, 0.2) is 0 Å². The largest absolute Gasteiger partial charge is 0.481 e. The number of hydrogen-bond acceptors (Lipinski definition) is 5. The molecule has 0 spiro atoms. The zero-order chi connectivity index (χ0) is 18.0. The minimum atomic E-state index is -0.927. The fourth-order valence-electron chi connectivity index (χ4n) is 3.25. The number of nitrogens with zero attached hydrogens (tertiary/aromatic N) is 2. The van der Waals surface area contributed by atoms with E-state index >= 15 is 0 Å². The quantitative estimate of drug-likeness (QED) is 0.867. The molecule has 0 saturated heterocycles. The van der Waals surface area contributed by atoms with E-state index in [1.807, 2.05) is 13.8 Å². The molecule has 2 aromatic rings. The van der Waals surface area contributed by atoms with Gasteiger partial charge in [0.05, 0.1) is 11.8 Å². The molecule has 2 N–H and O–H groups in total. The highest BCUT2D eigenvalue weighted by atomic mass is 16.5. The number of carboxylic acids is 1. The zero-order valence-electron chi connectivity index (χ0n) is 13.9. The van der Waals surface area contributed by atoms with Crippen molar-refractivity contribution in [2.45, 2.75) is 13.8 Å². The minimum absolute atomic E-state index is 0.0156. The number of carbonyl (C=O) groups is 2. The van der Waals surface area contributed by atoms with Crippen LogP contribution in [0.15, 0.2) is 42.7 Å². The number of nitrogens with one attached hydrogen (secondary N) is 1. The summed E-state index contributed by atoms with van der Waals surface area (Å²) >= 11 is 0. The normalized spacial score (nSPS) is 24.9. The lowest BCUT2D eigenvalue weighted by Crippen LogP contribution is -2.53. The minimum Gasteiger partial charge on any atom is -0.481 e. The summed E-state index contributed by atoms with van der Waals surface area (Å²) in [4.78, 5) is 31.8. The first kappa shape index (κ1) is 16.9. The summed E-state index contributed by atoms with van der Waals surface area (Å²) in [7, 11) is 0. The van der Waals surface area contributed by atoms with Crippen molar-refractivity contribution in [1.82, 2.24) is 9.97 Å². The predicted octanol–water partition coefficient (Wildman–Crippen LogP) is 2.81. The maximum atomic E-state index is 12.5. The molecule has 0 radical (unpaired) electrons. The Morgan fingerprint density at radius 1 is 1.08 bits per heavy atom. The molecule has 1 heterocycles. The second-order valence-electron chi connectivity index (χ2n) is 6.26.